The SMILES string of the molecule is C=Cc1c(C=C)c2c(=C)ccn2c1/C=C/C(=N)c1ccc(/C=C/c2c(C=C)c(C=C)c3c(=C)ccn23)ncc1=N. The van der Waals surface area contributed by atoms with Crippen molar-refractivity contribution in [3.63, 3.8) is 0 Å². The normalized spacial score (nSPS) is 11.6. The molecule has 5 aromatic heterocycles. The minimum Gasteiger partial charge on any atom is -0.315 e. The van der Waals surface area contributed by atoms with Gasteiger partial charge in [-0.1, -0.05) is 63.8 Å². The van der Waals surface area contributed by atoms with Gasteiger partial charge in [0.2, 0.25) is 0 Å². The zero-order valence-corrected chi connectivity index (χ0v) is 22.2. The molecule has 194 valence electrons. The van der Waals surface area contributed by atoms with Gasteiger partial charge in [0.15, 0.2) is 0 Å². The molecule has 0 spiro atoms. The van der Waals surface area contributed by atoms with E-state index in [0.717, 1.165) is 55.1 Å². The van der Waals surface area contributed by atoms with Gasteiger partial charge in [0, 0.05) is 40.2 Å². The van der Waals surface area contributed by atoms with Gasteiger partial charge in [-0.05, 0) is 59.0 Å². The zero-order valence-electron chi connectivity index (χ0n) is 22.2. The van der Waals surface area contributed by atoms with Gasteiger partial charge in [0.05, 0.1) is 45.4 Å². The van der Waals surface area contributed by atoms with Crippen LogP contribution in [0.15, 0.2) is 75.2 Å². The van der Waals surface area contributed by atoms with E-state index in [1.165, 1.54) is 6.20 Å². The third-order valence-corrected chi connectivity index (χ3v) is 7.08. The molecule has 0 saturated carbocycles. The molecular weight excluding hydrogens is 490 g/mol. The van der Waals surface area contributed by atoms with Gasteiger partial charge in [-0.15, -0.1) is 0 Å². The van der Waals surface area contributed by atoms with E-state index in [1.54, 1.807) is 24.3 Å². The van der Waals surface area contributed by atoms with Crippen LogP contribution in [0, 0.1) is 10.8 Å². The van der Waals surface area contributed by atoms with Crippen LogP contribution in [0.2, 0.25) is 0 Å². The maximum absolute atomic E-state index is 8.72. The molecule has 40 heavy (non-hydrogen) atoms. The smallest absolute Gasteiger partial charge is 0.0816 e. The average Bonchev–Trinajstić information content (AvgIpc) is 3.65. The molecule has 0 aliphatic rings. The van der Waals surface area contributed by atoms with E-state index >= 15 is 0 Å². The number of hydrogen-bond acceptors (Lipinski definition) is 3. The summed E-state index contributed by atoms with van der Waals surface area (Å²) in [7, 11) is 0. The van der Waals surface area contributed by atoms with Crippen LogP contribution < -0.4 is 15.8 Å². The van der Waals surface area contributed by atoms with Crippen molar-refractivity contribution in [2.75, 3.05) is 0 Å². The highest BCUT2D eigenvalue weighted by molar-refractivity contribution is 6.08. The zero-order chi connectivity index (χ0) is 28.6. The summed E-state index contributed by atoms with van der Waals surface area (Å²) in [6, 6.07) is 7.48. The van der Waals surface area contributed by atoms with Crippen molar-refractivity contribution in [3.8, 4) is 0 Å². The maximum atomic E-state index is 8.72. The monoisotopic (exact) mass is 519 g/mol. The van der Waals surface area contributed by atoms with E-state index in [4.69, 9.17) is 10.8 Å². The first-order chi connectivity index (χ1) is 19.3. The van der Waals surface area contributed by atoms with Gasteiger partial charge in [-0.2, -0.15) is 0 Å². The molecule has 0 atom stereocenters. The van der Waals surface area contributed by atoms with E-state index in [1.807, 2.05) is 65.4 Å². The van der Waals surface area contributed by atoms with E-state index in [2.05, 4.69) is 48.9 Å². The van der Waals surface area contributed by atoms with Gasteiger partial charge in [-0.3, -0.25) is 10.4 Å². The summed E-state index contributed by atoms with van der Waals surface area (Å²) >= 11 is 0. The minimum atomic E-state index is 0.155. The van der Waals surface area contributed by atoms with Crippen LogP contribution in [0.1, 0.15) is 44.9 Å². The maximum Gasteiger partial charge on any atom is 0.0816 e. The molecule has 5 heterocycles. The van der Waals surface area contributed by atoms with Crippen molar-refractivity contribution in [1.29, 1.82) is 10.8 Å². The number of fused-ring (bicyclic) bond motifs is 2. The van der Waals surface area contributed by atoms with Crippen molar-refractivity contribution in [1.82, 2.24) is 13.8 Å². The first-order valence-corrected chi connectivity index (χ1v) is 12.7. The quantitative estimate of drug-likeness (QED) is 0.225. The Morgan fingerprint density at radius 3 is 1.75 bits per heavy atom. The Hall–Kier alpha value is -5.55. The topological polar surface area (TPSA) is 69.4 Å². The lowest BCUT2D eigenvalue weighted by Gasteiger charge is -1.99. The largest absolute Gasteiger partial charge is 0.315 e. The first-order valence-electron chi connectivity index (χ1n) is 12.7. The molecular formula is C35H29N5. The molecule has 5 aromatic rings. The average molecular weight is 520 g/mol. The number of hydrogen-bond donors (Lipinski definition) is 2. The van der Waals surface area contributed by atoms with Crippen LogP contribution in [-0.4, -0.2) is 19.5 Å². The van der Waals surface area contributed by atoms with Crippen LogP contribution in [0.3, 0.4) is 0 Å². The Labute approximate surface area is 232 Å². The van der Waals surface area contributed by atoms with E-state index in [0.29, 0.717) is 11.3 Å². The predicted octanol–water partition coefficient (Wildman–Crippen LogP) is 6.15. The minimum absolute atomic E-state index is 0.155. The summed E-state index contributed by atoms with van der Waals surface area (Å²) in [4.78, 5) is 4.47. The lowest BCUT2D eigenvalue weighted by Crippen LogP contribution is -2.10. The summed E-state index contributed by atoms with van der Waals surface area (Å²) in [5.74, 6) is 0. The Morgan fingerprint density at radius 1 is 0.700 bits per heavy atom. The molecule has 0 aliphatic heterocycles. The highest BCUT2D eigenvalue weighted by Gasteiger charge is 2.15. The van der Waals surface area contributed by atoms with E-state index in [9.17, 15) is 0 Å². The van der Waals surface area contributed by atoms with Crippen LogP contribution in [0.4, 0.5) is 0 Å². The summed E-state index contributed by atoms with van der Waals surface area (Å²) < 4.78 is 4.09. The molecule has 0 unspecified atom stereocenters. The van der Waals surface area contributed by atoms with Crippen LogP contribution in [-0.2, 0) is 0 Å². The molecule has 5 rings (SSSR count). The third kappa shape index (κ3) is 4.10. The van der Waals surface area contributed by atoms with Crippen LogP contribution in [0.25, 0.3) is 66.7 Å². The molecule has 0 saturated heterocycles. The van der Waals surface area contributed by atoms with Gasteiger partial charge in [-0.25, -0.2) is 0 Å². The summed E-state index contributed by atoms with van der Waals surface area (Å²) in [5, 5.41) is 19.2. The molecule has 0 aliphatic carbocycles. The third-order valence-electron chi connectivity index (χ3n) is 7.08. The first kappa shape index (κ1) is 26.1. The molecule has 0 fully saturated rings. The second-order valence-corrected chi connectivity index (χ2v) is 9.28. The Balaban J connectivity index is 1.50. The van der Waals surface area contributed by atoms with Gasteiger partial charge in [0.25, 0.3) is 0 Å². The van der Waals surface area contributed by atoms with Gasteiger partial charge in [0.1, 0.15) is 0 Å². The lowest BCUT2D eigenvalue weighted by molar-refractivity contribution is 1.20. The predicted molar refractivity (Wildman–Crippen MR) is 172 cm³/mol. The molecule has 0 amide bonds. The summed E-state index contributed by atoms with van der Waals surface area (Å²) in [5.41, 5.74) is 8.93. The highest BCUT2D eigenvalue weighted by atomic mass is 14.9. The number of nitrogens with one attached hydrogen (secondary N) is 2. The lowest BCUT2D eigenvalue weighted by atomic mass is 10.1. The summed E-state index contributed by atoms with van der Waals surface area (Å²) in [6.07, 6.45) is 20.0. The fraction of sp³-hybridized carbons (Fsp3) is 0. The van der Waals surface area contributed by atoms with E-state index in [-0.39, 0.29) is 11.1 Å². The summed E-state index contributed by atoms with van der Waals surface area (Å²) in [6.45, 7) is 24.1. The fourth-order valence-corrected chi connectivity index (χ4v) is 5.19. The van der Waals surface area contributed by atoms with Crippen LogP contribution >= 0.6 is 0 Å². The molecule has 0 aromatic carbocycles. The van der Waals surface area contributed by atoms with Crippen molar-refractivity contribution in [2.45, 2.75) is 0 Å². The second-order valence-electron chi connectivity index (χ2n) is 9.28. The molecule has 0 bridgehead atoms. The van der Waals surface area contributed by atoms with E-state index < -0.39 is 0 Å². The Kier molecular flexibility index (Phi) is 6.72. The second kappa shape index (κ2) is 10.3. The number of allylic oxidation sites excluding steroid dienone is 1. The fourth-order valence-electron chi connectivity index (χ4n) is 5.19. The molecule has 0 radical (unpaired) electrons. The Morgan fingerprint density at radius 2 is 1.23 bits per heavy atom. The number of rotatable bonds is 9. The molecule has 5 heteroatoms. The van der Waals surface area contributed by atoms with Crippen molar-refractivity contribution in [2.24, 2.45) is 0 Å². The number of nitrogens with zero attached hydrogens (tertiary/aromatic N) is 3. The standard InChI is InChI=1S/C35H29N5/c1-7-25-27(9-3)34-22(5)17-19-39(34)32(25)15-12-24-11-13-29(31(37)21-38-24)30(36)14-16-33-26(8-2)28(10-4)35-23(6)18-20-40(33)35/h7-21,36-37H,1-6H2/b15-12+,16-14+,36-30?,37-31?. The van der Waals surface area contributed by atoms with Gasteiger partial charge >= 0.3 is 0 Å². The molecule has 5 nitrogen and oxygen atoms in total. The van der Waals surface area contributed by atoms with Crippen molar-refractivity contribution >= 4 is 72.4 Å². The van der Waals surface area contributed by atoms with Crippen molar-refractivity contribution in [3.05, 3.63) is 136 Å². The number of aromatic nitrogens is 3. The van der Waals surface area contributed by atoms with Crippen molar-refractivity contribution < 1.29 is 0 Å². The Bertz CT molecular complexity index is 2100. The van der Waals surface area contributed by atoms with Crippen LogP contribution in [0.5, 0.6) is 0 Å². The van der Waals surface area contributed by atoms with Gasteiger partial charge < -0.3 is 14.2 Å². The highest BCUT2D eigenvalue weighted by Crippen LogP contribution is 2.27. The molecule has 2 N–H and O–H groups in total.